The third-order valence-electron chi connectivity index (χ3n) is 3.38. The molecule has 0 aliphatic heterocycles. The van der Waals surface area contributed by atoms with Crippen molar-refractivity contribution in [1.29, 1.82) is 0 Å². The van der Waals surface area contributed by atoms with E-state index in [9.17, 15) is 9.59 Å². The van der Waals surface area contributed by atoms with Gasteiger partial charge in [-0.05, 0) is 34.7 Å². The number of hydrogen-bond donors (Lipinski definition) is 3. The van der Waals surface area contributed by atoms with Crippen molar-refractivity contribution in [2.24, 2.45) is 11.7 Å². The van der Waals surface area contributed by atoms with Crippen LogP contribution in [0.1, 0.15) is 19.3 Å². The fourth-order valence-electron chi connectivity index (χ4n) is 2.05. The zero-order valence-electron chi connectivity index (χ0n) is 11.1. The van der Waals surface area contributed by atoms with Crippen molar-refractivity contribution in [3.8, 4) is 0 Å². The maximum atomic E-state index is 12.3. The van der Waals surface area contributed by atoms with Gasteiger partial charge < -0.3 is 16.4 Å². The Labute approximate surface area is 125 Å². The van der Waals surface area contributed by atoms with E-state index < -0.39 is 6.03 Å². The molecule has 4 N–H and O–H groups in total. The smallest absolute Gasteiger partial charge is 0.312 e. The molecule has 110 valence electrons. The van der Waals surface area contributed by atoms with Gasteiger partial charge >= 0.3 is 6.03 Å². The Morgan fingerprint density at radius 3 is 2.85 bits per heavy atom. The summed E-state index contributed by atoms with van der Waals surface area (Å²) in [4.78, 5) is 22.8. The van der Waals surface area contributed by atoms with Crippen LogP contribution in [0.25, 0.3) is 0 Å². The summed E-state index contributed by atoms with van der Waals surface area (Å²) in [7, 11) is 0. The molecule has 8 heteroatoms. The van der Waals surface area contributed by atoms with Crippen LogP contribution < -0.4 is 21.9 Å². The highest BCUT2D eigenvalue weighted by molar-refractivity contribution is 9.10. The minimum atomic E-state index is -0.581. The van der Waals surface area contributed by atoms with Gasteiger partial charge in [-0.3, -0.25) is 4.79 Å². The number of carbonyl (C=O) groups is 1. The molecule has 1 aromatic heterocycles. The van der Waals surface area contributed by atoms with Gasteiger partial charge in [0.2, 0.25) is 0 Å². The summed E-state index contributed by atoms with van der Waals surface area (Å²) in [5.41, 5.74) is 5.29. The normalized spacial score (nSPS) is 14.7. The largest absolute Gasteiger partial charge is 0.378 e. The summed E-state index contributed by atoms with van der Waals surface area (Å²) in [6.07, 6.45) is 5.18. The van der Waals surface area contributed by atoms with Gasteiger partial charge in [0.15, 0.2) is 0 Å². The van der Waals surface area contributed by atoms with Crippen molar-refractivity contribution in [3.63, 3.8) is 0 Å². The lowest BCUT2D eigenvalue weighted by Crippen LogP contribution is -2.35. The summed E-state index contributed by atoms with van der Waals surface area (Å²) >= 11 is 3.31. The molecule has 0 spiro atoms. The number of hydrogen-bond acceptors (Lipinski definition) is 4. The van der Waals surface area contributed by atoms with Crippen LogP contribution in [0.5, 0.6) is 0 Å². The number of halogens is 1. The van der Waals surface area contributed by atoms with Crippen molar-refractivity contribution in [2.45, 2.75) is 25.8 Å². The molecule has 20 heavy (non-hydrogen) atoms. The fourth-order valence-corrected chi connectivity index (χ4v) is 2.45. The third kappa shape index (κ3) is 3.72. The van der Waals surface area contributed by atoms with Gasteiger partial charge in [0.25, 0.3) is 5.56 Å². The Kier molecular flexibility index (Phi) is 4.99. The summed E-state index contributed by atoms with van der Waals surface area (Å²) < 4.78 is 2.12. The van der Waals surface area contributed by atoms with Gasteiger partial charge in [-0.25, -0.2) is 9.48 Å². The molecule has 1 aliphatic carbocycles. The Hall–Kier alpha value is -1.57. The maximum Gasteiger partial charge on any atom is 0.312 e. The number of amides is 2. The predicted molar refractivity (Wildman–Crippen MR) is 79.6 cm³/mol. The highest BCUT2D eigenvalue weighted by Crippen LogP contribution is 2.27. The second kappa shape index (κ2) is 6.74. The molecule has 1 saturated carbocycles. The number of urea groups is 1. The van der Waals surface area contributed by atoms with E-state index in [2.05, 4.69) is 31.7 Å². The zero-order chi connectivity index (χ0) is 14.5. The van der Waals surface area contributed by atoms with Gasteiger partial charge in [-0.1, -0.05) is 6.42 Å². The van der Waals surface area contributed by atoms with Gasteiger partial charge in [-0.15, -0.1) is 0 Å². The number of nitrogens with zero attached hydrogens (tertiary/aromatic N) is 2. The number of nitrogens with two attached hydrogens (primary N) is 1. The second-order valence-corrected chi connectivity index (χ2v) is 5.72. The van der Waals surface area contributed by atoms with E-state index in [-0.39, 0.29) is 5.56 Å². The van der Waals surface area contributed by atoms with Crippen LogP contribution in [0.2, 0.25) is 0 Å². The van der Waals surface area contributed by atoms with Crippen molar-refractivity contribution in [3.05, 3.63) is 21.0 Å². The van der Waals surface area contributed by atoms with Crippen LogP contribution in [-0.4, -0.2) is 28.9 Å². The van der Waals surface area contributed by atoms with Crippen molar-refractivity contribution in [1.82, 2.24) is 15.1 Å². The fraction of sp³-hybridized carbons (Fsp3) is 0.583. The van der Waals surface area contributed by atoms with Gasteiger partial charge in [-0.2, -0.15) is 5.10 Å². The van der Waals surface area contributed by atoms with E-state index in [0.717, 1.165) is 12.8 Å². The minimum Gasteiger partial charge on any atom is -0.378 e. The number of primary amides is 1. The van der Waals surface area contributed by atoms with Crippen LogP contribution in [0.4, 0.5) is 10.5 Å². The zero-order valence-corrected chi connectivity index (χ0v) is 12.6. The quantitative estimate of drug-likeness (QED) is 0.667. The molecule has 1 fully saturated rings. The molecule has 0 bridgehead atoms. The van der Waals surface area contributed by atoms with E-state index in [1.54, 1.807) is 6.20 Å². The molecule has 0 aromatic carbocycles. The molecule has 2 amide bonds. The lowest BCUT2D eigenvalue weighted by molar-refractivity contribution is 0.249. The average Bonchev–Trinajstić information content (AvgIpc) is 2.34. The topological polar surface area (TPSA) is 102 Å². The number of nitrogens with one attached hydrogen (secondary N) is 2. The average molecular weight is 344 g/mol. The molecule has 0 saturated heterocycles. The van der Waals surface area contributed by atoms with Crippen LogP contribution >= 0.6 is 15.9 Å². The molecule has 0 unspecified atom stereocenters. The SMILES string of the molecule is NC(=O)NCCNc1c(Br)cnn(CC2CCC2)c1=O. The maximum absolute atomic E-state index is 12.3. The summed E-state index contributed by atoms with van der Waals surface area (Å²) in [6.45, 7) is 1.44. The Morgan fingerprint density at radius 1 is 1.50 bits per heavy atom. The van der Waals surface area contributed by atoms with E-state index >= 15 is 0 Å². The number of rotatable bonds is 6. The lowest BCUT2D eigenvalue weighted by atomic mass is 9.85. The van der Waals surface area contributed by atoms with E-state index in [0.29, 0.717) is 35.7 Å². The number of anilines is 1. The highest BCUT2D eigenvalue weighted by atomic mass is 79.9. The second-order valence-electron chi connectivity index (χ2n) is 4.87. The van der Waals surface area contributed by atoms with Gasteiger partial charge in [0.05, 0.1) is 10.7 Å². The van der Waals surface area contributed by atoms with Crippen LogP contribution in [0, 0.1) is 5.92 Å². The standard InChI is InChI=1S/C12H18BrN5O2/c13-9-6-17-18(7-8-2-1-3-8)11(19)10(9)15-4-5-16-12(14)20/h6,8,15H,1-5,7H2,(H3,14,16,20). The Morgan fingerprint density at radius 2 is 2.25 bits per heavy atom. The number of carbonyl (C=O) groups excluding carboxylic acids is 1. The monoisotopic (exact) mass is 343 g/mol. The molecular weight excluding hydrogens is 326 g/mol. The van der Waals surface area contributed by atoms with Crippen molar-refractivity contribution in [2.75, 3.05) is 18.4 Å². The predicted octanol–water partition coefficient (Wildman–Crippen LogP) is 0.886. The van der Waals surface area contributed by atoms with Crippen LogP contribution in [-0.2, 0) is 6.54 Å². The molecule has 0 atom stereocenters. The molecule has 1 aromatic rings. The summed E-state index contributed by atoms with van der Waals surface area (Å²) in [5, 5.41) is 9.60. The summed E-state index contributed by atoms with van der Waals surface area (Å²) in [6, 6.07) is -0.581. The van der Waals surface area contributed by atoms with Crippen molar-refractivity contribution < 1.29 is 4.79 Å². The minimum absolute atomic E-state index is 0.148. The van der Waals surface area contributed by atoms with Gasteiger partial charge in [0, 0.05) is 19.6 Å². The summed E-state index contributed by atoms with van der Waals surface area (Å²) in [5.74, 6) is 0.561. The first-order valence-corrected chi connectivity index (χ1v) is 7.40. The first kappa shape index (κ1) is 14.8. The van der Waals surface area contributed by atoms with Crippen LogP contribution in [0.3, 0.4) is 0 Å². The lowest BCUT2D eigenvalue weighted by Gasteiger charge is -2.25. The molecule has 1 heterocycles. The van der Waals surface area contributed by atoms with Crippen LogP contribution in [0.15, 0.2) is 15.5 Å². The van der Waals surface area contributed by atoms with Gasteiger partial charge in [0.1, 0.15) is 5.69 Å². The molecular formula is C12H18BrN5O2. The third-order valence-corrected chi connectivity index (χ3v) is 3.98. The number of aromatic nitrogens is 2. The van der Waals surface area contributed by atoms with E-state index in [1.807, 2.05) is 0 Å². The first-order chi connectivity index (χ1) is 9.58. The highest BCUT2D eigenvalue weighted by Gasteiger charge is 2.20. The Bertz CT molecular complexity index is 541. The molecule has 7 nitrogen and oxygen atoms in total. The molecule has 2 rings (SSSR count). The molecule has 1 aliphatic rings. The van der Waals surface area contributed by atoms with Crippen molar-refractivity contribution >= 4 is 27.6 Å². The first-order valence-electron chi connectivity index (χ1n) is 6.60. The molecule has 0 radical (unpaired) electrons. The Balaban J connectivity index is 2.00. The van der Waals surface area contributed by atoms with E-state index in [4.69, 9.17) is 5.73 Å². The van der Waals surface area contributed by atoms with E-state index in [1.165, 1.54) is 11.1 Å².